The molecule has 11 heteroatoms. The molecular formula is C37H53N5O6. The molecule has 0 saturated heterocycles. The minimum absolute atomic E-state index is 0.156. The molecule has 2 aliphatic rings. The van der Waals surface area contributed by atoms with Gasteiger partial charge in [-0.15, -0.1) is 0 Å². The van der Waals surface area contributed by atoms with E-state index in [1.807, 2.05) is 51.1 Å². The Bertz CT molecular complexity index is 1500. The summed E-state index contributed by atoms with van der Waals surface area (Å²) < 4.78 is 11.2. The highest BCUT2D eigenvalue weighted by Gasteiger charge is 2.43. The number of ether oxygens (including phenoxy) is 2. The van der Waals surface area contributed by atoms with Crippen molar-refractivity contribution in [2.24, 2.45) is 11.1 Å². The first-order valence-electron chi connectivity index (χ1n) is 16.9. The summed E-state index contributed by atoms with van der Waals surface area (Å²) in [6.07, 6.45) is 2.39. The van der Waals surface area contributed by atoms with Crippen LogP contribution in [-0.4, -0.2) is 77.5 Å². The lowest BCUT2D eigenvalue weighted by atomic mass is 9.83. The number of hydrogen-bond donors (Lipinski definition) is 3. The zero-order chi connectivity index (χ0) is 35.4. The molecule has 2 aromatic rings. The van der Waals surface area contributed by atoms with E-state index in [9.17, 15) is 19.2 Å². The summed E-state index contributed by atoms with van der Waals surface area (Å²) in [6, 6.07) is 11.0. The Hall–Kier alpha value is -4.12. The van der Waals surface area contributed by atoms with Gasteiger partial charge in [-0.05, 0) is 86.8 Å². The van der Waals surface area contributed by atoms with Crippen LogP contribution in [0.3, 0.4) is 0 Å². The molecule has 4 N–H and O–H groups in total. The lowest BCUT2D eigenvalue weighted by molar-refractivity contribution is -0.147. The largest absolute Gasteiger partial charge is 0.492 e. The molecule has 0 bridgehead atoms. The van der Waals surface area contributed by atoms with Gasteiger partial charge in [0.2, 0.25) is 17.7 Å². The van der Waals surface area contributed by atoms with Crippen LogP contribution in [0.2, 0.25) is 0 Å². The first-order chi connectivity index (χ1) is 22.5. The molecule has 0 saturated carbocycles. The van der Waals surface area contributed by atoms with Gasteiger partial charge in [-0.2, -0.15) is 0 Å². The first-order valence-corrected chi connectivity index (χ1v) is 16.9. The number of carbonyl (C=O) groups excluding carboxylic acids is 4. The predicted octanol–water partition coefficient (Wildman–Crippen LogP) is 4.26. The maximum Gasteiger partial charge on any atom is 0.410 e. The van der Waals surface area contributed by atoms with E-state index in [0.29, 0.717) is 25.3 Å². The molecule has 4 rings (SSSR count). The van der Waals surface area contributed by atoms with Crippen molar-refractivity contribution in [3.63, 3.8) is 0 Å². The fourth-order valence-corrected chi connectivity index (χ4v) is 6.21. The maximum atomic E-state index is 14.6. The number of rotatable bonds is 9. The molecule has 0 aromatic heterocycles. The minimum Gasteiger partial charge on any atom is -0.492 e. The van der Waals surface area contributed by atoms with E-state index in [1.54, 1.807) is 32.6 Å². The number of nitrogens with zero attached hydrogens (tertiary/aromatic N) is 2. The van der Waals surface area contributed by atoms with Crippen LogP contribution >= 0.6 is 0 Å². The van der Waals surface area contributed by atoms with Crippen molar-refractivity contribution in [1.82, 2.24) is 20.4 Å². The summed E-state index contributed by atoms with van der Waals surface area (Å²) in [6.45, 7) is 13.3. The fourth-order valence-electron chi connectivity index (χ4n) is 6.21. The monoisotopic (exact) mass is 663 g/mol. The van der Waals surface area contributed by atoms with Gasteiger partial charge in [0.25, 0.3) is 0 Å². The van der Waals surface area contributed by atoms with Gasteiger partial charge < -0.3 is 30.7 Å². The van der Waals surface area contributed by atoms with Gasteiger partial charge in [0.1, 0.15) is 36.1 Å². The first kappa shape index (κ1) is 36.7. The van der Waals surface area contributed by atoms with E-state index in [-0.39, 0.29) is 24.4 Å². The third kappa shape index (κ3) is 8.86. The Kier molecular flexibility index (Phi) is 11.4. The van der Waals surface area contributed by atoms with E-state index in [0.717, 1.165) is 36.0 Å². The van der Waals surface area contributed by atoms with Gasteiger partial charge in [-0.25, -0.2) is 4.79 Å². The predicted molar refractivity (Wildman–Crippen MR) is 184 cm³/mol. The topological polar surface area (TPSA) is 143 Å². The summed E-state index contributed by atoms with van der Waals surface area (Å²) in [7, 11) is 1.49. The molecule has 2 unspecified atom stereocenters. The number of carbonyl (C=O) groups is 4. The molecule has 1 aliphatic carbocycles. The van der Waals surface area contributed by atoms with Gasteiger partial charge >= 0.3 is 6.09 Å². The molecule has 0 spiro atoms. The number of hydrogen-bond acceptors (Lipinski definition) is 7. The Morgan fingerprint density at radius 1 is 1.02 bits per heavy atom. The third-order valence-electron chi connectivity index (χ3n) is 9.01. The van der Waals surface area contributed by atoms with Crippen molar-refractivity contribution >= 4 is 23.8 Å². The van der Waals surface area contributed by atoms with Crippen LogP contribution < -0.4 is 21.1 Å². The number of nitrogens with two attached hydrogens (primary N) is 1. The van der Waals surface area contributed by atoms with E-state index in [4.69, 9.17) is 15.2 Å². The molecule has 2 aromatic carbocycles. The second-order valence-electron chi connectivity index (χ2n) is 15.0. The van der Waals surface area contributed by atoms with Gasteiger partial charge in [-0.1, -0.05) is 51.1 Å². The lowest BCUT2D eigenvalue weighted by Gasteiger charge is -2.42. The molecule has 4 amide bonds. The molecule has 11 nitrogen and oxygen atoms in total. The van der Waals surface area contributed by atoms with Crippen molar-refractivity contribution < 1.29 is 28.7 Å². The average molecular weight is 664 g/mol. The number of aryl methyl sites for hydroxylation is 1. The molecule has 0 radical (unpaired) electrons. The number of amides is 4. The van der Waals surface area contributed by atoms with Crippen LogP contribution in [-0.2, 0) is 38.5 Å². The van der Waals surface area contributed by atoms with Crippen molar-refractivity contribution in [3.05, 3.63) is 64.7 Å². The lowest BCUT2D eigenvalue weighted by Crippen LogP contribution is -2.62. The third-order valence-corrected chi connectivity index (χ3v) is 9.01. The highest BCUT2D eigenvalue weighted by atomic mass is 16.6. The molecule has 48 heavy (non-hydrogen) atoms. The fraction of sp³-hybridized carbons (Fsp3) is 0.568. The molecular weight excluding hydrogens is 610 g/mol. The summed E-state index contributed by atoms with van der Waals surface area (Å²) in [5, 5.41) is 6.19. The Balaban J connectivity index is 1.63. The quantitative estimate of drug-likeness (QED) is 0.364. The van der Waals surface area contributed by atoms with Gasteiger partial charge in [0.05, 0.1) is 6.04 Å². The Morgan fingerprint density at radius 3 is 2.40 bits per heavy atom. The summed E-state index contributed by atoms with van der Waals surface area (Å²) in [5.41, 5.74) is 8.33. The van der Waals surface area contributed by atoms with E-state index >= 15 is 0 Å². The van der Waals surface area contributed by atoms with Gasteiger partial charge in [0.15, 0.2) is 0 Å². The van der Waals surface area contributed by atoms with Crippen molar-refractivity contribution in [2.75, 3.05) is 20.2 Å². The zero-order valence-corrected chi connectivity index (χ0v) is 29.7. The second-order valence-corrected chi connectivity index (χ2v) is 15.0. The summed E-state index contributed by atoms with van der Waals surface area (Å²) in [5.74, 6) is -0.499. The van der Waals surface area contributed by atoms with Crippen LogP contribution in [0.15, 0.2) is 42.5 Å². The number of nitrogens with one attached hydrogen (secondary N) is 2. The van der Waals surface area contributed by atoms with E-state index in [2.05, 4.69) is 22.8 Å². The molecule has 1 heterocycles. The van der Waals surface area contributed by atoms with E-state index < -0.39 is 41.1 Å². The van der Waals surface area contributed by atoms with Gasteiger partial charge in [-0.3, -0.25) is 19.3 Å². The van der Waals surface area contributed by atoms with E-state index in [1.165, 1.54) is 17.5 Å². The van der Waals surface area contributed by atoms with Crippen LogP contribution in [0.5, 0.6) is 5.75 Å². The number of fused-ring (bicyclic) bond motifs is 2. The van der Waals surface area contributed by atoms with Crippen molar-refractivity contribution in [1.29, 1.82) is 0 Å². The normalized spacial score (nSPS) is 18.8. The second kappa shape index (κ2) is 15.0. The molecule has 262 valence electrons. The molecule has 4 atom stereocenters. The van der Waals surface area contributed by atoms with Crippen LogP contribution in [0.4, 0.5) is 4.79 Å². The summed E-state index contributed by atoms with van der Waals surface area (Å²) in [4.78, 5) is 58.0. The van der Waals surface area contributed by atoms with Crippen LogP contribution in [0, 0.1) is 5.41 Å². The minimum atomic E-state index is -0.997. The van der Waals surface area contributed by atoms with Crippen molar-refractivity contribution in [2.45, 2.75) is 110 Å². The standard InChI is InChI=1S/C37H53N5O6/c1-23(41(8)35(46)48-37(5,6)7)32(43)40-31(36(2,3)4)34(45)42-22-26-20-27(47-19-18-38)17-16-25(26)21-30(42)33(44)39-29-15-11-13-24-12-9-10-14-28(24)29/h9-10,12,14,16-17,20,23,29-31H,11,13,15,18-19,21-22,38H2,1-8H3,(H,39,44)(H,40,43)/t23-,29?,30?,31+/m0/s1. The molecule has 0 fully saturated rings. The maximum absolute atomic E-state index is 14.6. The van der Waals surface area contributed by atoms with Crippen molar-refractivity contribution in [3.8, 4) is 5.75 Å². The number of benzene rings is 2. The Morgan fingerprint density at radius 2 is 1.73 bits per heavy atom. The number of likely N-dealkylation sites (N-methyl/N-ethyl adjacent to an activating group) is 1. The van der Waals surface area contributed by atoms with Crippen LogP contribution in [0.25, 0.3) is 0 Å². The SMILES string of the molecule is C[C@@H](C(=O)N[C@H](C(=O)N1Cc2cc(OCCN)ccc2CC1C(=O)NC1CCCc2ccccc21)C(C)(C)C)N(C)C(=O)OC(C)(C)C. The highest BCUT2D eigenvalue weighted by Crippen LogP contribution is 2.33. The zero-order valence-electron chi connectivity index (χ0n) is 29.7. The highest BCUT2D eigenvalue weighted by molar-refractivity contribution is 5.94. The Labute approximate surface area is 284 Å². The summed E-state index contributed by atoms with van der Waals surface area (Å²) >= 11 is 0. The van der Waals surface area contributed by atoms with Crippen LogP contribution in [0.1, 0.15) is 89.6 Å². The van der Waals surface area contributed by atoms with Gasteiger partial charge in [0, 0.05) is 26.6 Å². The smallest absolute Gasteiger partial charge is 0.410 e. The average Bonchev–Trinajstić information content (AvgIpc) is 3.03. The molecule has 1 aliphatic heterocycles.